The molecule has 0 fully saturated rings. The van der Waals surface area contributed by atoms with Crippen molar-refractivity contribution >= 4 is 19.2 Å². The molecule has 2 aromatic rings. The Morgan fingerprint density at radius 2 is 0.760 bits per heavy atom. The minimum Gasteiger partial charge on any atom is -0.499 e. The highest BCUT2D eigenvalue weighted by Gasteiger charge is 2.10. The summed E-state index contributed by atoms with van der Waals surface area (Å²) < 4.78 is 32.7. The van der Waals surface area contributed by atoms with E-state index in [-0.39, 0.29) is 0 Å². The van der Waals surface area contributed by atoms with Gasteiger partial charge in [0.1, 0.15) is 11.5 Å². The number of methoxy groups -OCH3 is 6. The van der Waals surface area contributed by atoms with Crippen LogP contribution in [0.3, 0.4) is 0 Å². The summed E-state index contributed by atoms with van der Waals surface area (Å²) in [7, 11) is 10.4. The van der Waals surface area contributed by atoms with Gasteiger partial charge in [-0.1, -0.05) is 0 Å². The third-order valence-electron chi connectivity index (χ3n) is 3.60. The molecule has 2 aromatic carbocycles. The zero-order valence-corrected chi connectivity index (χ0v) is 16.1. The molecule has 0 saturated heterocycles. The fraction of sp³-hybridized carbons (Fsp3) is 0.333. The van der Waals surface area contributed by atoms with Crippen molar-refractivity contribution in [2.24, 2.45) is 0 Å². The first kappa shape index (κ1) is 19.0. The largest absolute Gasteiger partial charge is 0.499 e. The number of benzene rings is 2. The Kier molecular flexibility index (Phi) is 6.59. The van der Waals surface area contributed by atoms with E-state index in [2.05, 4.69) is 0 Å². The van der Waals surface area contributed by atoms with E-state index < -0.39 is 0 Å². The Bertz CT molecular complexity index is 620. The fourth-order valence-corrected chi connectivity index (χ4v) is 3.59. The van der Waals surface area contributed by atoms with Crippen LogP contribution in [-0.2, 0) is 0 Å². The van der Waals surface area contributed by atoms with Gasteiger partial charge in [-0.05, 0) is 0 Å². The van der Waals surface area contributed by atoms with Crippen molar-refractivity contribution in [2.75, 3.05) is 42.7 Å². The van der Waals surface area contributed by atoms with Gasteiger partial charge in [-0.15, -0.1) is 10.6 Å². The normalized spacial score (nSPS) is 10.2. The summed E-state index contributed by atoms with van der Waals surface area (Å²) in [4.78, 5) is 0. The summed E-state index contributed by atoms with van der Waals surface area (Å²) >= 11 is 0. The van der Waals surface area contributed by atoms with Gasteiger partial charge in [0.25, 0.3) is 0 Å². The number of hydrogen-bond donors (Lipinski definition) is 0. The van der Waals surface area contributed by atoms with Crippen molar-refractivity contribution in [3.63, 3.8) is 0 Å². The summed E-state index contributed by atoms with van der Waals surface area (Å²) in [6.07, 6.45) is 0. The molecule has 136 valence electrons. The third kappa shape index (κ3) is 4.02. The van der Waals surface area contributed by atoms with Gasteiger partial charge in [-0.3, -0.25) is 0 Å². The van der Waals surface area contributed by atoms with E-state index >= 15 is 0 Å². The van der Waals surface area contributed by atoms with E-state index in [1.54, 1.807) is 42.7 Å². The summed E-state index contributed by atoms with van der Waals surface area (Å²) in [6.45, 7) is 0. The fourth-order valence-electron chi connectivity index (χ4n) is 2.31. The lowest BCUT2D eigenvalue weighted by molar-refractivity contribution is 0.379. The van der Waals surface area contributed by atoms with Crippen molar-refractivity contribution < 1.29 is 28.4 Å². The molecule has 0 saturated carbocycles. The Morgan fingerprint density at radius 3 is 0.960 bits per heavy atom. The van der Waals surface area contributed by atoms with Gasteiger partial charge in [-0.25, -0.2) is 0 Å². The first-order valence-corrected chi connectivity index (χ1v) is 8.33. The predicted molar refractivity (Wildman–Crippen MR) is 98.4 cm³/mol. The molecule has 0 spiro atoms. The second-order valence-electron chi connectivity index (χ2n) is 4.87. The Balaban J connectivity index is 2.59. The molecule has 0 unspecified atom stereocenters. The second kappa shape index (κ2) is 8.67. The number of rotatable bonds is 8. The SMILES string of the molecule is COc1cc(OC)c([P-]c2c(OC)cc(OC)cc2OC)c(OC)c1. The Morgan fingerprint density at radius 1 is 0.480 bits per heavy atom. The van der Waals surface area contributed by atoms with Gasteiger partial charge in [0.2, 0.25) is 0 Å². The lowest BCUT2D eigenvalue weighted by atomic mass is 10.3. The molecule has 25 heavy (non-hydrogen) atoms. The standard InChI is InChI=1S/C18H22O6P/c1-19-11-7-13(21-3)17(14(8-11)22-4)25-18-15(23-5)9-12(20-2)10-16(18)24-6/h7-10H,1-6H3/q-1. The quantitative estimate of drug-likeness (QED) is 0.671. The smallest absolute Gasteiger partial charge is 0.126 e. The van der Waals surface area contributed by atoms with Crippen molar-refractivity contribution in [1.82, 2.24) is 0 Å². The molecule has 0 aliphatic heterocycles. The maximum Gasteiger partial charge on any atom is 0.126 e. The topological polar surface area (TPSA) is 55.4 Å². The molecule has 0 aliphatic rings. The van der Waals surface area contributed by atoms with Crippen LogP contribution in [0.4, 0.5) is 0 Å². The van der Waals surface area contributed by atoms with Gasteiger partial charge in [0.15, 0.2) is 0 Å². The molecular formula is C18H22O6P-. The monoisotopic (exact) mass is 365 g/mol. The third-order valence-corrected chi connectivity index (χ3v) is 4.93. The molecular weight excluding hydrogens is 343 g/mol. The molecule has 0 atom stereocenters. The summed E-state index contributed by atoms with van der Waals surface area (Å²) in [5.41, 5.74) is 0. The molecule has 7 heteroatoms. The van der Waals surface area contributed by atoms with Crippen LogP contribution in [0, 0.1) is 0 Å². The van der Waals surface area contributed by atoms with Gasteiger partial charge < -0.3 is 37.0 Å². The van der Waals surface area contributed by atoms with Crippen LogP contribution in [0.15, 0.2) is 24.3 Å². The average Bonchev–Trinajstić information content (AvgIpc) is 2.67. The van der Waals surface area contributed by atoms with Crippen LogP contribution in [0.5, 0.6) is 34.5 Å². The summed E-state index contributed by atoms with van der Waals surface area (Å²) in [5.74, 6) is 3.91. The van der Waals surface area contributed by atoms with E-state index in [1.165, 1.54) is 0 Å². The van der Waals surface area contributed by atoms with E-state index in [9.17, 15) is 0 Å². The molecule has 6 nitrogen and oxygen atoms in total. The van der Waals surface area contributed by atoms with Crippen molar-refractivity contribution in [3.05, 3.63) is 24.3 Å². The zero-order chi connectivity index (χ0) is 18.4. The molecule has 0 bridgehead atoms. The van der Waals surface area contributed by atoms with Crippen molar-refractivity contribution in [3.8, 4) is 34.5 Å². The number of ether oxygens (including phenoxy) is 6. The molecule has 2 rings (SSSR count). The van der Waals surface area contributed by atoms with Gasteiger partial charge >= 0.3 is 0 Å². The average molecular weight is 365 g/mol. The van der Waals surface area contributed by atoms with E-state index in [1.807, 2.05) is 24.3 Å². The van der Waals surface area contributed by atoms with E-state index in [0.717, 1.165) is 19.2 Å². The lowest BCUT2D eigenvalue weighted by Gasteiger charge is -2.29. The highest BCUT2D eigenvalue weighted by atomic mass is 31.1. The van der Waals surface area contributed by atoms with Crippen LogP contribution < -0.4 is 39.0 Å². The zero-order valence-electron chi connectivity index (χ0n) is 15.2. The molecule has 0 aliphatic carbocycles. The van der Waals surface area contributed by atoms with E-state index in [4.69, 9.17) is 28.4 Å². The second-order valence-corrected chi connectivity index (χ2v) is 5.99. The summed E-state index contributed by atoms with van der Waals surface area (Å²) in [6, 6.07) is 7.25. The van der Waals surface area contributed by atoms with Crippen LogP contribution in [-0.4, -0.2) is 42.7 Å². The first-order valence-electron chi connectivity index (χ1n) is 7.43. The van der Waals surface area contributed by atoms with Crippen LogP contribution >= 0.6 is 8.58 Å². The molecule has 0 radical (unpaired) electrons. The van der Waals surface area contributed by atoms with Crippen LogP contribution in [0.25, 0.3) is 0 Å². The Hall–Kier alpha value is -2.33. The highest BCUT2D eigenvalue weighted by Crippen LogP contribution is 2.37. The molecule has 0 amide bonds. The van der Waals surface area contributed by atoms with Gasteiger partial charge in [-0.2, -0.15) is 0 Å². The molecule has 0 aromatic heterocycles. The minimum atomic E-state index is 0.651. The van der Waals surface area contributed by atoms with Gasteiger partial charge in [0, 0.05) is 24.3 Å². The highest BCUT2D eigenvalue weighted by molar-refractivity contribution is 7.56. The maximum atomic E-state index is 5.52. The maximum absolute atomic E-state index is 5.52. The van der Waals surface area contributed by atoms with E-state index in [0.29, 0.717) is 34.5 Å². The predicted octanol–water partition coefficient (Wildman–Crippen LogP) is 2.64. The molecule has 0 heterocycles. The Labute approximate surface area is 149 Å². The van der Waals surface area contributed by atoms with Crippen LogP contribution in [0.1, 0.15) is 0 Å². The lowest BCUT2D eigenvalue weighted by Crippen LogP contribution is -2.14. The minimum absolute atomic E-state index is 0.651. The summed E-state index contributed by atoms with van der Waals surface area (Å²) in [5, 5.41) is 1.68. The van der Waals surface area contributed by atoms with Crippen molar-refractivity contribution in [1.29, 1.82) is 0 Å². The van der Waals surface area contributed by atoms with Crippen molar-refractivity contribution in [2.45, 2.75) is 0 Å². The van der Waals surface area contributed by atoms with Crippen LogP contribution in [0.2, 0.25) is 0 Å². The van der Waals surface area contributed by atoms with Gasteiger partial charge in [0.05, 0.1) is 65.7 Å². The first-order chi connectivity index (χ1) is 12.1. The molecule has 0 N–H and O–H groups in total. The number of hydrogen-bond acceptors (Lipinski definition) is 6.